The van der Waals surface area contributed by atoms with Crippen LogP contribution in [0.2, 0.25) is 0 Å². The highest BCUT2D eigenvalue weighted by atomic mass is 32.2. The molecule has 0 saturated carbocycles. The molecule has 0 bridgehead atoms. The molecular formula is C15H22N4O2S. The fourth-order valence-electron chi connectivity index (χ4n) is 2.02. The van der Waals surface area contributed by atoms with Crippen LogP contribution in [0.5, 0.6) is 0 Å². The van der Waals surface area contributed by atoms with Crippen molar-refractivity contribution in [3.8, 4) is 0 Å². The van der Waals surface area contributed by atoms with Crippen molar-refractivity contribution in [2.75, 3.05) is 0 Å². The first-order valence-electron chi connectivity index (χ1n) is 7.20. The van der Waals surface area contributed by atoms with Crippen molar-refractivity contribution in [2.24, 2.45) is 0 Å². The monoisotopic (exact) mass is 322 g/mol. The van der Waals surface area contributed by atoms with Gasteiger partial charge in [0.2, 0.25) is 10.0 Å². The number of hydrogen-bond acceptors (Lipinski definition) is 4. The molecule has 0 radical (unpaired) electrons. The topological polar surface area (TPSA) is 76.9 Å². The Morgan fingerprint density at radius 1 is 1.23 bits per heavy atom. The molecule has 2 heterocycles. The van der Waals surface area contributed by atoms with Crippen LogP contribution >= 0.6 is 0 Å². The Hall–Kier alpha value is -1.73. The van der Waals surface area contributed by atoms with Gasteiger partial charge in [0, 0.05) is 36.2 Å². The van der Waals surface area contributed by atoms with E-state index in [-0.39, 0.29) is 16.9 Å². The van der Waals surface area contributed by atoms with E-state index in [4.69, 9.17) is 0 Å². The van der Waals surface area contributed by atoms with Crippen LogP contribution in [0.3, 0.4) is 0 Å². The van der Waals surface area contributed by atoms with Gasteiger partial charge >= 0.3 is 0 Å². The van der Waals surface area contributed by atoms with Crippen LogP contribution in [-0.4, -0.2) is 23.0 Å². The van der Waals surface area contributed by atoms with E-state index in [2.05, 4.69) is 14.7 Å². The van der Waals surface area contributed by atoms with Gasteiger partial charge in [0.15, 0.2) is 0 Å². The number of pyridine rings is 1. The number of aryl methyl sites for hydroxylation is 1. The zero-order valence-corrected chi connectivity index (χ0v) is 14.2. The maximum Gasteiger partial charge on any atom is 0.242 e. The summed E-state index contributed by atoms with van der Waals surface area (Å²) >= 11 is 0. The summed E-state index contributed by atoms with van der Waals surface area (Å²) in [6.45, 7) is 8.99. The van der Waals surface area contributed by atoms with E-state index < -0.39 is 10.0 Å². The zero-order valence-electron chi connectivity index (χ0n) is 13.4. The van der Waals surface area contributed by atoms with Crippen molar-refractivity contribution < 1.29 is 8.42 Å². The highest BCUT2D eigenvalue weighted by molar-refractivity contribution is 7.89. The second-order valence-corrected chi connectivity index (χ2v) is 7.85. The van der Waals surface area contributed by atoms with Gasteiger partial charge in [-0.05, 0) is 19.1 Å². The van der Waals surface area contributed by atoms with E-state index in [9.17, 15) is 8.42 Å². The predicted octanol–water partition coefficient (Wildman–Crippen LogP) is 2.07. The van der Waals surface area contributed by atoms with Gasteiger partial charge < -0.3 is 4.57 Å². The van der Waals surface area contributed by atoms with Crippen molar-refractivity contribution in [1.29, 1.82) is 0 Å². The summed E-state index contributed by atoms with van der Waals surface area (Å²) < 4.78 is 29.1. The Morgan fingerprint density at radius 3 is 2.50 bits per heavy atom. The first-order chi connectivity index (χ1) is 10.2. The van der Waals surface area contributed by atoms with Crippen LogP contribution < -0.4 is 4.72 Å². The lowest BCUT2D eigenvalue weighted by atomic mass is 9.92. The standard InChI is InChI=1S/C15H22N4O2S/c1-5-19-9-8-16-14(19)11-18-22(20,21)12-6-7-13(17-10-12)15(2,3)4/h6-10,18H,5,11H2,1-4H3. The van der Waals surface area contributed by atoms with E-state index in [0.717, 1.165) is 12.2 Å². The van der Waals surface area contributed by atoms with E-state index in [0.29, 0.717) is 5.82 Å². The van der Waals surface area contributed by atoms with Gasteiger partial charge in [-0.15, -0.1) is 0 Å². The highest BCUT2D eigenvalue weighted by Gasteiger charge is 2.19. The van der Waals surface area contributed by atoms with Gasteiger partial charge in [-0.1, -0.05) is 20.8 Å². The minimum absolute atomic E-state index is 0.110. The van der Waals surface area contributed by atoms with Gasteiger partial charge in [0.25, 0.3) is 0 Å². The molecule has 0 aliphatic heterocycles. The predicted molar refractivity (Wildman–Crippen MR) is 84.9 cm³/mol. The summed E-state index contributed by atoms with van der Waals surface area (Å²) in [5.41, 5.74) is 0.745. The molecule has 120 valence electrons. The third-order valence-corrected chi connectivity index (χ3v) is 4.76. The Morgan fingerprint density at radius 2 is 1.95 bits per heavy atom. The molecule has 0 aliphatic rings. The van der Waals surface area contributed by atoms with Gasteiger partial charge in [-0.2, -0.15) is 0 Å². The number of nitrogens with zero attached hydrogens (tertiary/aromatic N) is 3. The molecule has 0 unspecified atom stereocenters. The van der Waals surface area contributed by atoms with E-state index in [1.54, 1.807) is 18.3 Å². The van der Waals surface area contributed by atoms with E-state index in [1.165, 1.54) is 6.20 Å². The number of rotatable bonds is 5. The maximum absolute atomic E-state index is 12.3. The van der Waals surface area contributed by atoms with Crippen LogP contribution in [0.15, 0.2) is 35.6 Å². The molecular weight excluding hydrogens is 300 g/mol. The fourth-order valence-corrected chi connectivity index (χ4v) is 2.95. The second kappa shape index (κ2) is 6.18. The average molecular weight is 322 g/mol. The minimum atomic E-state index is -3.59. The molecule has 2 aromatic heterocycles. The Labute approximate surface area is 131 Å². The Kier molecular flexibility index (Phi) is 4.67. The molecule has 0 atom stereocenters. The number of sulfonamides is 1. The SMILES string of the molecule is CCn1ccnc1CNS(=O)(=O)c1ccc(C(C)(C)C)nc1. The summed E-state index contributed by atoms with van der Waals surface area (Å²) in [4.78, 5) is 8.57. The number of hydrogen-bond donors (Lipinski definition) is 1. The Balaban J connectivity index is 2.13. The van der Waals surface area contributed by atoms with Crippen LogP contribution in [0.4, 0.5) is 0 Å². The molecule has 1 N–H and O–H groups in total. The number of nitrogens with one attached hydrogen (secondary N) is 1. The molecule has 0 saturated heterocycles. The molecule has 0 spiro atoms. The van der Waals surface area contributed by atoms with Gasteiger partial charge in [0.1, 0.15) is 10.7 Å². The first kappa shape index (κ1) is 16.6. The summed E-state index contributed by atoms with van der Waals surface area (Å²) in [6.07, 6.45) is 4.88. The normalized spacial score (nSPS) is 12.5. The fraction of sp³-hybridized carbons (Fsp3) is 0.467. The molecule has 2 aromatic rings. The smallest absolute Gasteiger partial charge is 0.242 e. The molecule has 0 fully saturated rings. The lowest BCUT2D eigenvalue weighted by Crippen LogP contribution is -2.25. The van der Waals surface area contributed by atoms with Crippen molar-refractivity contribution >= 4 is 10.0 Å². The van der Waals surface area contributed by atoms with Crippen LogP contribution in [0.25, 0.3) is 0 Å². The van der Waals surface area contributed by atoms with Crippen molar-refractivity contribution in [3.63, 3.8) is 0 Å². The summed E-state index contributed by atoms with van der Waals surface area (Å²) in [7, 11) is -3.59. The van der Waals surface area contributed by atoms with Crippen molar-refractivity contribution in [3.05, 3.63) is 42.2 Å². The summed E-state index contributed by atoms with van der Waals surface area (Å²) in [5, 5.41) is 0. The minimum Gasteiger partial charge on any atom is -0.334 e. The van der Waals surface area contributed by atoms with E-state index in [1.807, 2.05) is 38.5 Å². The number of imidazole rings is 1. The second-order valence-electron chi connectivity index (χ2n) is 6.08. The first-order valence-corrected chi connectivity index (χ1v) is 8.68. The molecule has 6 nitrogen and oxygen atoms in total. The molecule has 0 aromatic carbocycles. The third kappa shape index (κ3) is 3.72. The van der Waals surface area contributed by atoms with Crippen LogP contribution in [0, 0.1) is 0 Å². The molecule has 22 heavy (non-hydrogen) atoms. The largest absolute Gasteiger partial charge is 0.334 e. The van der Waals surface area contributed by atoms with Gasteiger partial charge in [0.05, 0.1) is 6.54 Å². The molecule has 2 rings (SSSR count). The molecule has 0 aliphatic carbocycles. The number of aromatic nitrogens is 3. The highest BCUT2D eigenvalue weighted by Crippen LogP contribution is 2.20. The van der Waals surface area contributed by atoms with Crippen molar-refractivity contribution in [2.45, 2.75) is 51.1 Å². The van der Waals surface area contributed by atoms with Crippen LogP contribution in [-0.2, 0) is 28.5 Å². The molecule has 7 heteroatoms. The molecule has 0 amide bonds. The van der Waals surface area contributed by atoms with Gasteiger partial charge in [-0.3, -0.25) is 4.98 Å². The van der Waals surface area contributed by atoms with Crippen LogP contribution in [0.1, 0.15) is 39.2 Å². The van der Waals surface area contributed by atoms with Gasteiger partial charge in [-0.25, -0.2) is 18.1 Å². The van der Waals surface area contributed by atoms with E-state index >= 15 is 0 Å². The quantitative estimate of drug-likeness (QED) is 0.914. The summed E-state index contributed by atoms with van der Waals surface area (Å²) in [5.74, 6) is 0.686. The third-order valence-electron chi connectivity index (χ3n) is 3.38. The maximum atomic E-state index is 12.3. The lowest BCUT2D eigenvalue weighted by Gasteiger charge is -2.17. The summed E-state index contributed by atoms with van der Waals surface area (Å²) in [6, 6.07) is 3.34. The van der Waals surface area contributed by atoms with Crippen molar-refractivity contribution in [1.82, 2.24) is 19.3 Å². The Bertz CT molecular complexity index is 728. The lowest BCUT2D eigenvalue weighted by molar-refractivity contribution is 0.562. The average Bonchev–Trinajstić information content (AvgIpc) is 2.92. The zero-order chi connectivity index (χ0) is 16.4.